The lowest BCUT2D eigenvalue weighted by molar-refractivity contribution is 0.475. The van der Waals surface area contributed by atoms with Crippen molar-refractivity contribution in [2.45, 2.75) is 51.4 Å². The third-order valence-corrected chi connectivity index (χ3v) is 10.8. The summed E-state index contributed by atoms with van der Waals surface area (Å²) in [6, 6.07) is 11.8. The minimum atomic E-state index is -1.16. The number of hydrogen-bond acceptors (Lipinski definition) is 1. The van der Waals surface area contributed by atoms with Crippen molar-refractivity contribution in [3.8, 4) is 5.75 Å². The molecular formula is C14H24OSi. The summed E-state index contributed by atoms with van der Waals surface area (Å²) in [6.45, 7) is 9.40. The van der Waals surface area contributed by atoms with Gasteiger partial charge in [0.25, 0.3) is 0 Å². The van der Waals surface area contributed by atoms with Crippen molar-refractivity contribution in [3.63, 3.8) is 0 Å². The van der Waals surface area contributed by atoms with E-state index < -0.39 is 8.07 Å². The zero-order valence-electron chi connectivity index (χ0n) is 11.0. The van der Waals surface area contributed by atoms with E-state index in [0.29, 0.717) is 11.3 Å². The van der Waals surface area contributed by atoms with E-state index in [2.05, 4.69) is 39.8 Å². The fourth-order valence-electron chi connectivity index (χ4n) is 2.79. The molecule has 0 amide bonds. The monoisotopic (exact) mass is 236 g/mol. The quantitative estimate of drug-likeness (QED) is 0.744. The molecule has 0 spiro atoms. The molecular weight excluding hydrogens is 212 g/mol. The summed E-state index contributed by atoms with van der Waals surface area (Å²) >= 11 is 0. The first-order valence-corrected chi connectivity index (χ1v) is 9.08. The summed E-state index contributed by atoms with van der Waals surface area (Å²) in [6.07, 6.45) is 0. The Balaban J connectivity index is 2.98. The van der Waals surface area contributed by atoms with E-state index >= 15 is 0 Å². The van der Waals surface area contributed by atoms with E-state index in [1.807, 2.05) is 12.1 Å². The molecule has 90 valence electrons. The van der Waals surface area contributed by atoms with Crippen molar-refractivity contribution in [2.75, 3.05) is 0 Å². The average Bonchev–Trinajstić information content (AvgIpc) is 2.33. The van der Waals surface area contributed by atoms with Gasteiger partial charge in [0.05, 0.1) is 8.07 Å². The summed E-state index contributed by atoms with van der Waals surface area (Å²) in [5, 5.41) is 9.32. The van der Waals surface area contributed by atoms with Crippen LogP contribution in [-0.2, 0) is 0 Å². The Labute approximate surface area is 101 Å². The van der Waals surface area contributed by atoms with E-state index in [4.69, 9.17) is 0 Å². The first-order valence-electron chi connectivity index (χ1n) is 6.38. The number of phenols is 1. The highest BCUT2D eigenvalue weighted by molar-refractivity contribution is 6.80. The van der Waals surface area contributed by atoms with Crippen LogP contribution in [0.4, 0.5) is 0 Å². The van der Waals surface area contributed by atoms with Gasteiger partial charge >= 0.3 is 0 Å². The molecule has 0 radical (unpaired) electrons. The topological polar surface area (TPSA) is 20.2 Å². The normalized spacial score (nSPS) is 13.8. The molecule has 0 bridgehead atoms. The molecule has 0 saturated heterocycles. The second-order valence-electron chi connectivity index (χ2n) is 4.74. The average molecular weight is 236 g/mol. The molecule has 0 heterocycles. The molecule has 1 aromatic carbocycles. The van der Waals surface area contributed by atoms with Crippen molar-refractivity contribution in [1.29, 1.82) is 0 Å². The lowest BCUT2D eigenvalue weighted by Crippen LogP contribution is -2.38. The molecule has 0 aliphatic carbocycles. The van der Waals surface area contributed by atoms with Crippen LogP contribution >= 0.6 is 0 Å². The van der Waals surface area contributed by atoms with Gasteiger partial charge in [-0.2, -0.15) is 0 Å². The highest BCUT2D eigenvalue weighted by atomic mass is 28.3. The van der Waals surface area contributed by atoms with Crippen LogP contribution < -0.4 is 0 Å². The second-order valence-corrected chi connectivity index (χ2v) is 10.4. The predicted octanol–water partition coefficient (Wildman–Crippen LogP) is 4.54. The van der Waals surface area contributed by atoms with Gasteiger partial charge in [-0.3, -0.25) is 0 Å². The van der Waals surface area contributed by atoms with Gasteiger partial charge in [-0.05, 0) is 23.2 Å². The lowest BCUT2D eigenvalue weighted by Gasteiger charge is -2.35. The summed E-state index contributed by atoms with van der Waals surface area (Å²) < 4.78 is 0. The predicted molar refractivity (Wildman–Crippen MR) is 73.7 cm³/mol. The van der Waals surface area contributed by atoms with Crippen molar-refractivity contribution < 1.29 is 5.11 Å². The highest BCUT2D eigenvalue weighted by Crippen LogP contribution is 2.36. The maximum atomic E-state index is 9.32. The van der Waals surface area contributed by atoms with Crippen molar-refractivity contribution in [2.24, 2.45) is 0 Å². The molecule has 1 nitrogen and oxygen atoms in total. The summed E-state index contributed by atoms with van der Waals surface area (Å²) in [5.74, 6) is 0.368. The van der Waals surface area contributed by atoms with Crippen LogP contribution in [0.25, 0.3) is 0 Å². The van der Waals surface area contributed by atoms with Crippen molar-refractivity contribution in [3.05, 3.63) is 29.8 Å². The van der Waals surface area contributed by atoms with E-state index in [1.165, 1.54) is 23.7 Å². The summed E-state index contributed by atoms with van der Waals surface area (Å²) in [7, 11) is -1.16. The van der Waals surface area contributed by atoms with E-state index in [0.717, 1.165) is 0 Å². The molecule has 2 heteroatoms. The SMILES string of the molecule is CC[Si](CC)(CC)C(C)c1ccc(O)cc1. The van der Waals surface area contributed by atoms with Gasteiger partial charge in [-0.1, -0.05) is 58.0 Å². The molecule has 1 rings (SSSR count). The van der Waals surface area contributed by atoms with Crippen LogP contribution in [0, 0.1) is 0 Å². The first kappa shape index (κ1) is 13.3. The van der Waals surface area contributed by atoms with Gasteiger partial charge in [0.2, 0.25) is 0 Å². The lowest BCUT2D eigenvalue weighted by atomic mass is 10.1. The standard InChI is InChI=1S/C14H24OSi/c1-5-16(6-2,7-3)12(4)13-8-10-14(15)11-9-13/h8-12,15H,5-7H2,1-4H3. The van der Waals surface area contributed by atoms with Gasteiger partial charge in [0.1, 0.15) is 5.75 Å². The Morgan fingerprint density at radius 2 is 1.44 bits per heavy atom. The van der Waals surface area contributed by atoms with E-state index in [-0.39, 0.29) is 0 Å². The van der Waals surface area contributed by atoms with Crippen molar-refractivity contribution >= 4 is 8.07 Å². The molecule has 0 aliphatic rings. The number of aromatic hydroxyl groups is 1. The van der Waals surface area contributed by atoms with Crippen LogP contribution in [0.3, 0.4) is 0 Å². The van der Waals surface area contributed by atoms with Crippen LogP contribution in [0.5, 0.6) is 5.75 Å². The largest absolute Gasteiger partial charge is 0.508 e. The third-order valence-electron chi connectivity index (χ3n) is 4.42. The molecule has 1 atom stereocenters. The molecule has 1 unspecified atom stereocenters. The van der Waals surface area contributed by atoms with Crippen LogP contribution in [0.15, 0.2) is 24.3 Å². The van der Waals surface area contributed by atoms with Crippen molar-refractivity contribution in [1.82, 2.24) is 0 Å². The minimum Gasteiger partial charge on any atom is -0.508 e. The molecule has 1 aromatic rings. The number of hydrogen-bond donors (Lipinski definition) is 1. The van der Waals surface area contributed by atoms with Gasteiger partial charge in [-0.25, -0.2) is 0 Å². The maximum absolute atomic E-state index is 9.32. The Morgan fingerprint density at radius 3 is 1.81 bits per heavy atom. The highest BCUT2D eigenvalue weighted by Gasteiger charge is 2.33. The zero-order chi connectivity index (χ0) is 12.2. The number of benzene rings is 1. The van der Waals surface area contributed by atoms with Crippen LogP contribution in [-0.4, -0.2) is 13.2 Å². The van der Waals surface area contributed by atoms with E-state index in [1.54, 1.807) is 0 Å². The van der Waals surface area contributed by atoms with Crippen LogP contribution in [0.2, 0.25) is 18.1 Å². The zero-order valence-corrected chi connectivity index (χ0v) is 12.0. The number of phenolic OH excluding ortho intramolecular Hbond substituents is 1. The third kappa shape index (κ3) is 2.49. The van der Waals surface area contributed by atoms with Gasteiger partial charge in [-0.15, -0.1) is 0 Å². The molecule has 16 heavy (non-hydrogen) atoms. The Hall–Kier alpha value is -0.763. The van der Waals surface area contributed by atoms with Gasteiger partial charge < -0.3 is 5.11 Å². The van der Waals surface area contributed by atoms with E-state index in [9.17, 15) is 5.11 Å². The fraction of sp³-hybridized carbons (Fsp3) is 0.571. The minimum absolute atomic E-state index is 0.368. The Morgan fingerprint density at radius 1 is 1.00 bits per heavy atom. The molecule has 0 aliphatic heterocycles. The molecule has 0 aromatic heterocycles. The maximum Gasteiger partial charge on any atom is 0.115 e. The molecule has 0 fully saturated rings. The Kier molecular flexibility index (Phi) is 4.60. The summed E-state index contributed by atoms with van der Waals surface area (Å²) in [5.41, 5.74) is 2.09. The fourth-order valence-corrected chi connectivity index (χ4v) is 7.02. The second kappa shape index (κ2) is 5.53. The smallest absolute Gasteiger partial charge is 0.115 e. The van der Waals surface area contributed by atoms with Crippen LogP contribution in [0.1, 0.15) is 38.8 Å². The molecule has 1 N–H and O–H groups in total. The summed E-state index contributed by atoms with van der Waals surface area (Å²) in [4.78, 5) is 0. The Bertz CT molecular complexity index is 306. The van der Waals surface area contributed by atoms with Gasteiger partial charge in [0.15, 0.2) is 0 Å². The first-order chi connectivity index (χ1) is 7.59. The van der Waals surface area contributed by atoms with Gasteiger partial charge in [0, 0.05) is 0 Å². The molecule has 0 saturated carbocycles. The number of rotatable bonds is 5.